The van der Waals surface area contributed by atoms with E-state index in [9.17, 15) is 9.59 Å². The molecule has 0 saturated carbocycles. The zero-order valence-corrected chi connectivity index (χ0v) is 17.8. The van der Waals surface area contributed by atoms with Crippen molar-refractivity contribution in [3.8, 4) is 17.2 Å². The van der Waals surface area contributed by atoms with E-state index >= 15 is 0 Å². The van der Waals surface area contributed by atoms with E-state index in [4.69, 9.17) is 14.2 Å². The molecule has 1 amide bonds. The van der Waals surface area contributed by atoms with Gasteiger partial charge in [-0.1, -0.05) is 12.1 Å². The van der Waals surface area contributed by atoms with Crippen molar-refractivity contribution in [1.82, 2.24) is 5.43 Å². The second-order valence-electron chi connectivity index (χ2n) is 6.50. The zero-order valence-electron chi connectivity index (χ0n) is 16.2. The molecule has 1 aliphatic heterocycles. The Labute approximate surface area is 186 Å². The van der Waals surface area contributed by atoms with Crippen LogP contribution in [0.25, 0.3) is 0 Å². The van der Waals surface area contributed by atoms with Crippen LogP contribution in [0.3, 0.4) is 0 Å². The summed E-state index contributed by atoms with van der Waals surface area (Å²) in [5.41, 5.74) is 4.05. The second-order valence-corrected chi connectivity index (χ2v) is 7.35. The number of hydrogen-bond acceptors (Lipinski definition) is 6. The molecule has 0 aromatic heterocycles. The maximum absolute atomic E-state index is 12.3. The summed E-state index contributed by atoms with van der Waals surface area (Å²) in [6.07, 6.45) is 1.50. The van der Waals surface area contributed by atoms with Crippen LogP contribution in [-0.4, -0.2) is 31.3 Å². The number of carbonyl (C=O) groups is 2. The van der Waals surface area contributed by atoms with E-state index in [-0.39, 0.29) is 5.91 Å². The number of amides is 1. The monoisotopic (exact) mass is 480 g/mol. The number of ether oxygens (including phenoxy) is 3. The molecule has 7 nitrogen and oxygen atoms in total. The number of fused-ring (bicyclic) bond motifs is 1. The van der Waals surface area contributed by atoms with Crippen LogP contribution in [0, 0.1) is 0 Å². The molecule has 31 heavy (non-hydrogen) atoms. The Kier molecular flexibility index (Phi) is 6.28. The van der Waals surface area contributed by atoms with E-state index in [0.717, 1.165) is 5.56 Å². The van der Waals surface area contributed by atoms with Crippen LogP contribution in [0.2, 0.25) is 0 Å². The van der Waals surface area contributed by atoms with E-state index in [2.05, 4.69) is 26.5 Å². The summed E-state index contributed by atoms with van der Waals surface area (Å²) in [7, 11) is 0. The lowest BCUT2D eigenvalue weighted by atomic mass is 10.2. The van der Waals surface area contributed by atoms with Gasteiger partial charge in [0.1, 0.15) is 19.0 Å². The molecule has 0 spiro atoms. The first kappa shape index (κ1) is 20.6. The van der Waals surface area contributed by atoms with Gasteiger partial charge in [0.2, 0.25) is 0 Å². The van der Waals surface area contributed by atoms with E-state index in [1.54, 1.807) is 60.7 Å². The highest BCUT2D eigenvalue weighted by molar-refractivity contribution is 9.10. The lowest BCUT2D eigenvalue weighted by molar-refractivity contribution is 0.0733. The molecule has 0 saturated heterocycles. The van der Waals surface area contributed by atoms with Gasteiger partial charge in [-0.25, -0.2) is 10.2 Å². The molecule has 0 bridgehead atoms. The van der Waals surface area contributed by atoms with Crippen molar-refractivity contribution >= 4 is 34.0 Å². The van der Waals surface area contributed by atoms with Gasteiger partial charge in [-0.15, -0.1) is 0 Å². The Balaban J connectivity index is 1.34. The number of hydrazone groups is 1. The first-order valence-electron chi connectivity index (χ1n) is 9.40. The van der Waals surface area contributed by atoms with Gasteiger partial charge in [0.15, 0.2) is 11.5 Å². The van der Waals surface area contributed by atoms with Crippen molar-refractivity contribution < 1.29 is 23.8 Å². The smallest absolute Gasteiger partial charge is 0.344 e. The number of esters is 1. The summed E-state index contributed by atoms with van der Waals surface area (Å²) >= 11 is 3.33. The molecule has 156 valence electrons. The predicted octanol–water partition coefficient (Wildman–Crippen LogP) is 4.20. The van der Waals surface area contributed by atoms with Crippen molar-refractivity contribution in [2.75, 3.05) is 13.2 Å². The summed E-state index contributed by atoms with van der Waals surface area (Å²) < 4.78 is 17.0. The molecule has 4 rings (SSSR count). The Morgan fingerprint density at radius 1 is 0.968 bits per heavy atom. The van der Waals surface area contributed by atoms with Crippen molar-refractivity contribution in [3.05, 3.63) is 87.9 Å². The van der Waals surface area contributed by atoms with Crippen molar-refractivity contribution in [1.29, 1.82) is 0 Å². The molecule has 1 heterocycles. The number of nitrogens with zero attached hydrogens (tertiary/aromatic N) is 1. The van der Waals surface area contributed by atoms with Crippen LogP contribution in [0.5, 0.6) is 17.2 Å². The number of nitrogens with one attached hydrogen (secondary N) is 1. The van der Waals surface area contributed by atoms with Gasteiger partial charge in [0.25, 0.3) is 5.91 Å². The summed E-state index contributed by atoms with van der Waals surface area (Å²) in [4.78, 5) is 24.5. The highest BCUT2D eigenvalue weighted by Crippen LogP contribution is 2.30. The summed E-state index contributed by atoms with van der Waals surface area (Å²) in [5.74, 6) is 0.730. The molecule has 1 N–H and O–H groups in total. The van der Waals surface area contributed by atoms with Crippen LogP contribution >= 0.6 is 15.9 Å². The van der Waals surface area contributed by atoms with E-state index in [1.807, 2.05) is 6.07 Å². The molecule has 0 atom stereocenters. The first-order chi connectivity index (χ1) is 15.1. The average molecular weight is 481 g/mol. The van der Waals surface area contributed by atoms with E-state index in [1.165, 1.54) is 6.21 Å². The predicted molar refractivity (Wildman–Crippen MR) is 118 cm³/mol. The highest BCUT2D eigenvalue weighted by Gasteiger charge is 2.15. The fourth-order valence-corrected chi connectivity index (χ4v) is 3.27. The normalized spacial score (nSPS) is 12.4. The van der Waals surface area contributed by atoms with Crippen LogP contribution < -0.4 is 19.6 Å². The zero-order chi connectivity index (χ0) is 21.6. The van der Waals surface area contributed by atoms with Crippen molar-refractivity contribution in [2.45, 2.75) is 0 Å². The molecule has 0 fully saturated rings. The average Bonchev–Trinajstić information content (AvgIpc) is 2.80. The molecular formula is C23H17BrN2O5. The van der Waals surface area contributed by atoms with E-state index < -0.39 is 5.97 Å². The molecular weight excluding hydrogens is 464 g/mol. The minimum absolute atomic E-state index is 0.368. The molecule has 1 aliphatic rings. The fourth-order valence-electron chi connectivity index (χ4n) is 2.83. The summed E-state index contributed by atoms with van der Waals surface area (Å²) in [6, 6.07) is 18.7. The molecule has 3 aromatic rings. The standard InChI is InChI=1S/C23H17BrN2O5/c24-19-4-2-1-3-18(19)23(28)31-17-8-5-15(6-9-17)14-25-26-22(27)16-7-10-20-21(13-16)30-12-11-29-20/h1-10,13-14H,11-12H2,(H,26,27)/b25-14+. The Bertz CT molecular complexity index is 1140. The second kappa shape index (κ2) is 9.44. The van der Waals surface area contributed by atoms with Gasteiger partial charge in [0, 0.05) is 10.0 Å². The van der Waals surface area contributed by atoms with Gasteiger partial charge < -0.3 is 14.2 Å². The number of carbonyl (C=O) groups excluding carboxylic acids is 2. The van der Waals surface area contributed by atoms with Gasteiger partial charge in [-0.05, 0) is 76.1 Å². The molecule has 0 radical (unpaired) electrons. The Hall–Kier alpha value is -3.65. The number of rotatable bonds is 5. The molecule has 0 aliphatic carbocycles. The molecule has 8 heteroatoms. The summed E-state index contributed by atoms with van der Waals surface area (Å²) in [6.45, 7) is 0.939. The number of benzene rings is 3. The minimum atomic E-state index is -0.458. The fraction of sp³-hybridized carbons (Fsp3) is 0.0870. The van der Waals surface area contributed by atoms with Gasteiger partial charge in [0.05, 0.1) is 11.8 Å². The van der Waals surface area contributed by atoms with Crippen molar-refractivity contribution in [2.24, 2.45) is 5.10 Å². The lowest BCUT2D eigenvalue weighted by Crippen LogP contribution is -2.19. The quantitative estimate of drug-likeness (QED) is 0.256. The van der Waals surface area contributed by atoms with Crippen molar-refractivity contribution in [3.63, 3.8) is 0 Å². The maximum atomic E-state index is 12.3. The SMILES string of the molecule is O=C(N/N=C/c1ccc(OC(=O)c2ccccc2Br)cc1)c1ccc2c(c1)OCCO2. The van der Waals surface area contributed by atoms with E-state index in [0.29, 0.717) is 46.1 Å². The third-order valence-electron chi connectivity index (χ3n) is 4.37. The van der Waals surface area contributed by atoms with Crippen LogP contribution in [0.1, 0.15) is 26.3 Å². The molecule has 0 unspecified atom stereocenters. The maximum Gasteiger partial charge on any atom is 0.344 e. The van der Waals surface area contributed by atoms with Crippen LogP contribution in [-0.2, 0) is 0 Å². The third-order valence-corrected chi connectivity index (χ3v) is 5.06. The van der Waals surface area contributed by atoms with Crippen LogP contribution in [0.4, 0.5) is 0 Å². The summed E-state index contributed by atoms with van der Waals surface area (Å²) in [5, 5.41) is 3.97. The first-order valence-corrected chi connectivity index (χ1v) is 10.2. The number of hydrogen-bond donors (Lipinski definition) is 1. The lowest BCUT2D eigenvalue weighted by Gasteiger charge is -2.18. The topological polar surface area (TPSA) is 86.2 Å². The molecule has 3 aromatic carbocycles. The number of halogens is 1. The van der Waals surface area contributed by atoms with Gasteiger partial charge in [-0.3, -0.25) is 4.79 Å². The Morgan fingerprint density at radius 3 is 2.48 bits per heavy atom. The Morgan fingerprint density at radius 2 is 1.71 bits per heavy atom. The highest BCUT2D eigenvalue weighted by atomic mass is 79.9. The third kappa shape index (κ3) is 5.10. The van der Waals surface area contributed by atoms with Gasteiger partial charge in [-0.2, -0.15) is 5.10 Å². The van der Waals surface area contributed by atoms with Gasteiger partial charge >= 0.3 is 5.97 Å². The largest absolute Gasteiger partial charge is 0.486 e. The van der Waals surface area contributed by atoms with Crippen LogP contribution in [0.15, 0.2) is 76.3 Å². The minimum Gasteiger partial charge on any atom is -0.486 e.